The van der Waals surface area contributed by atoms with Crippen molar-refractivity contribution in [3.63, 3.8) is 0 Å². The van der Waals surface area contributed by atoms with Crippen LogP contribution in [0.2, 0.25) is 0 Å². The highest BCUT2D eigenvalue weighted by molar-refractivity contribution is 8.00. The van der Waals surface area contributed by atoms with E-state index in [4.69, 9.17) is 23.7 Å². The van der Waals surface area contributed by atoms with Crippen LogP contribution in [0.4, 0.5) is 0 Å². The van der Waals surface area contributed by atoms with E-state index in [9.17, 15) is 27.6 Å². The van der Waals surface area contributed by atoms with E-state index in [0.29, 0.717) is 44.9 Å². The Hall–Kier alpha value is -1.86. The first-order valence-corrected chi connectivity index (χ1v) is 33.6. The standard InChI is InChI=1S/C60H110O11S2/c1-6-10-14-18-22-26-30-34-38-42-53(61)67-49-52-57(69-54(62)43-39-35-31-27-23-19-15-11-7-2)58(70-55(63)44-40-36-32-28-24-20-16-12-8-3)59(60(68-52)72-50-46-47-51(48-50)73(5,65)66)71-56(64)45-41-37-33-29-25-21-17-13-9-4/h50-52,57-60H,6-49H2,1-5H3/t50?,51?,52-,57+,58+,59-,60?/m1/s1. The molecule has 2 aliphatic rings. The van der Waals surface area contributed by atoms with Gasteiger partial charge in [-0.15, -0.1) is 11.8 Å². The molecule has 73 heavy (non-hydrogen) atoms. The summed E-state index contributed by atoms with van der Waals surface area (Å²) < 4.78 is 57.2. The molecule has 11 nitrogen and oxygen atoms in total. The molecule has 1 saturated carbocycles. The molecule has 428 valence electrons. The summed E-state index contributed by atoms with van der Waals surface area (Å²) in [5.74, 6) is -1.78. The second-order valence-corrected chi connectivity index (χ2v) is 25.7. The minimum atomic E-state index is -3.29. The molecule has 0 aromatic heterocycles. The summed E-state index contributed by atoms with van der Waals surface area (Å²) in [4.78, 5) is 55.2. The number of carbonyl (C=O) groups excluding carboxylic acids is 4. The predicted octanol–water partition coefficient (Wildman–Crippen LogP) is 16.4. The van der Waals surface area contributed by atoms with Gasteiger partial charge in [0.2, 0.25) is 0 Å². The molecule has 0 radical (unpaired) electrons. The highest BCUT2D eigenvalue weighted by Gasteiger charge is 2.54. The van der Waals surface area contributed by atoms with Gasteiger partial charge in [-0.3, -0.25) is 19.2 Å². The van der Waals surface area contributed by atoms with Crippen LogP contribution in [0, 0.1) is 0 Å². The fourth-order valence-electron chi connectivity index (χ4n) is 10.3. The molecule has 1 saturated heterocycles. The summed E-state index contributed by atoms with van der Waals surface area (Å²) in [5.41, 5.74) is -0.908. The summed E-state index contributed by atoms with van der Waals surface area (Å²) in [6.07, 6.45) is 38.4. The Morgan fingerprint density at radius 1 is 0.425 bits per heavy atom. The van der Waals surface area contributed by atoms with Crippen LogP contribution in [0.25, 0.3) is 0 Å². The number of rotatable bonds is 48. The van der Waals surface area contributed by atoms with Crippen LogP contribution < -0.4 is 0 Å². The third-order valence-corrected chi connectivity index (χ3v) is 18.1. The minimum Gasteiger partial charge on any atom is -0.463 e. The lowest BCUT2D eigenvalue weighted by molar-refractivity contribution is -0.239. The van der Waals surface area contributed by atoms with E-state index >= 15 is 0 Å². The third kappa shape index (κ3) is 33.8. The van der Waals surface area contributed by atoms with E-state index in [1.54, 1.807) is 0 Å². The molecule has 0 aromatic carbocycles. The van der Waals surface area contributed by atoms with Gasteiger partial charge in [0, 0.05) is 37.2 Å². The Morgan fingerprint density at radius 2 is 0.740 bits per heavy atom. The Bertz CT molecular complexity index is 1510. The zero-order valence-electron chi connectivity index (χ0n) is 47.5. The van der Waals surface area contributed by atoms with Crippen molar-refractivity contribution in [2.24, 2.45) is 0 Å². The number of thioether (sulfide) groups is 1. The Kier molecular flexibility index (Phi) is 40.7. The number of esters is 4. The van der Waals surface area contributed by atoms with Gasteiger partial charge in [-0.2, -0.15) is 0 Å². The first-order chi connectivity index (χ1) is 35.4. The first-order valence-electron chi connectivity index (χ1n) is 30.7. The van der Waals surface area contributed by atoms with Crippen molar-refractivity contribution >= 4 is 45.5 Å². The van der Waals surface area contributed by atoms with Crippen LogP contribution in [-0.4, -0.2) is 85.5 Å². The summed E-state index contributed by atoms with van der Waals surface area (Å²) >= 11 is 1.38. The molecule has 7 atom stereocenters. The quantitative estimate of drug-likeness (QED) is 0.0324. The van der Waals surface area contributed by atoms with Gasteiger partial charge < -0.3 is 23.7 Å². The number of hydrogen-bond donors (Lipinski definition) is 0. The molecule has 1 heterocycles. The summed E-state index contributed by atoms with van der Waals surface area (Å²) in [6.45, 7) is 8.63. The van der Waals surface area contributed by atoms with Gasteiger partial charge in [-0.25, -0.2) is 8.42 Å². The Balaban J connectivity index is 2.38. The predicted molar refractivity (Wildman–Crippen MR) is 300 cm³/mol. The second-order valence-electron chi connectivity index (χ2n) is 21.9. The van der Waals surface area contributed by atoms with E-state index in [1.165, 1.54) is 146 Å². The summed E-state index contributed by atoms with van der Waals surface area (Å²) in [5, 5.41) is -0.652. The highest BCUT2D eigenvalue weighted by Crippen LogP contribution is 2.42. The number of hydrogen-bond acceptors (Lipinski definition) is 12. The van der Waals surface area contributed by atoms with Gasteiger partial charge in [-0.05, 0) is 44.9 Å². The molecule has 0 amide bonds. The zero-order valence-corrected chi connectivity index (χ0v) is 49.1. The Morgan fingerprint density at radius 3 is 1.08 bits per heavy atom. The average Bonchev–Trinajstić information content (AvgIpc) is 3.85. The third-order valence-electron chi connectivity index (χ3n) is 15.0. The molecule has 0 N–H and O–H groups in total. The van der Waals surface area contributed by atoms with Crippen LogP contribution in [0.3, 0.4) is 0 Å². The summed E-state index contributed by atoms with van der Waals surface area (Å²) in [7, 11) is -3.29. The fraction of sp³-hybridized carbons (Fsp3) is 0.933. The molecule has 2 fully saturated rings. The van der Waals surface area contributed by atoms with Crippen LogP contribution in [0.15, 0.2) is 0 Å². The maximum Gasteiger partial charge on any atom is 0.306 e. The molecule has 0 spiro atoms. The SMILES string of the molecule is CCCCCCCCCCCC(=O)OC[C@H]1OC(SC2CCC(S(C)(=O)=O)C2)[C@H](OC(=O)CCCCCCCCCCC)[C@@H](OC(=O)CCCCCCCCCCC)[C@H]1OC(=O)CCCCCCCCCCC. The maximum absolute atomic E-state index is 14.0. The van der Waals surface area contributed by atoms with Crippen LogP contribution in [0.1, 0.15) is 304 Å². The van der Waals surface area contributed by atoms with E-state index in [2.05, 4.69) is 27.7 Å². The Labute approximate surface area is 451 Å². The van der Waals surface area contributed by atoms with Crippen molar-refractivity contribution in [3.8, 4) is 0 Å². The lowest BCUT2D eigenvalue weighted by Crippen LogP contribution is -2.62. The monoisotopic (exact) mass is 1070 g/mol. The van der Waals surface area contributed by atoms with E-state index < -0.39 is 62.8 Å². The van der Waals surface area contributed by atoms with Gasteiger partial charge in [0.1, 0.15) is 28.0 Å². The van der Waals surface area contributed by atoms with Crippen molar-refractivity contribution in [1.29, 1.82) is 0 Å². The molecule has 2 rings (SSSR count). The van der Waals surface area contributed by atoms with E-state index in [-0.39, 0.29) is 43.5 Å². The molecule has 3 unspecified atom stereocenters. The molecular weight excluding hydrogens is 961 g/mol. The van der Waals surface area contributed by atoms with E-state index in [1.807, 2.05) is 0 Å². The minimum absolute atomic E-state index is 0.151. The van der Waals surface area contributed by atoms with Crippen molar-refractivity contribution in [2.45, 2.75) is 344 Å². The number of ether oxygens (including phenoxy) is 5. The first kappa shape index (κ1) is 67.3. The number of unbranched alkanes of at least 4 members (excludes halogenated alkanes) is 32. The lowest BCUT2D eigenvalue weighted by atomic mass is 9.98. The van der Waals surface area contributed by atoms with Gasteiger partial charge in [0.25, 0.3) is 0 Å². The van der Waals surface area contributed by atoms with Crippen molar-refractivity contribution in [1.82, 2.24) is 0 Å². The zero-order chi connectivity index (χ0) is 53.2. The normalized spacial score (nSPS) is 21.0. The van der Waals surface area contributed by atoms with Crippen molar-refractivity contribution in [3.05, 3.63) is 0 Å². The largest absolute Gasteiger partial charge is 0.463 e. The van der Waals surface area contributed by atoms with Gasteiger partial charge >= 0.3 is 23.9 Å². The molecule has 1 aliphatic heterocycles. The van der Waals surface area contributed by atoms with Crippen LogP contribution >= 0.6 is 11.8 Å². The smallest absolute Gasteiger partial charge is 0.306 e. The average molecular weight is 1070 g/mol. The molecule has 13 heteroatoms. The fourth-order valence-corrected chi connectivity index (χ4v) is 13.2. The number of sulfone groups is 1. The molecule has 0 bridgehead atoms. The van der Waals surface area contributed by atoms with Gasteiger partial charge in [-0.1, -0.05) is 233 Å². The van der Waals surface area contributed by atoms with Crippen molar-refractivity contribution in [2.75, 3.05) is 12.9 Å². The molecule has 0 aromatic rings. The highest BCUT2D eigenvalue weighted by atomic mass is 32.2. The van der Waals surface area contributed by atoms with Crippen LogP contribution in [-0.2, 0) is 52.7 Å². The van der Waals surface area contributed by atoms with Crippen LogP contribution in [0.5, 0.6) is 0 Å². The number of carbonyl (C=O) groups is 4. The van der Waals surface area contributed by atoms with Gasteiger partial charge in [0.15, 0.2) is 18.3 Å². The topological polar surface area (TPSA) is 149 Å². The maximum atomic E-state index is 14.0. The summed E-state index contributed by atoms with van der Waals surface area (Å²) in [6, 6.07) is 0. The molecular formula is C60H110O11S2. The van der Waals surface area contributed by atoms with Crippen molar-refractivity contribution < 1.29 is 51.3 Å². The lowest BCUT2D eigenvalue weighted by Gasteiger charge is -2.45. The van der Waals surface area contributed by atoms with Gasteiger partial charge in [0.05, 0.1) is 5.25 Å². The van der Waals surface area contributed by atoms with E-state index in [0.717, 1.165) is 77.0 Å². The molecule has 1 aliphatic carbocycles. The second kappa shape index (κ2) is 44.2.